The Bertz CT molecular complexity index is 417. The molecule has 1 amide bonds. The fourth-order valence-electron chi connectivity index (χ4n) is 2.47. The van der Waals surface area contributed by atoms with Crippen molar-refractivity contribution in [1.82, 2.24) is 20.4 Å². The number of hydrogen-bond acceptors (Lipinski definition) is 5. The summed E-state index contributed by atoms with van der Waals surface area (Å²) in [6.07, 6.45) is 0. The minimum Gasteiger partial charge on any atom is -0.348 e. The molecule has 2 rings (SSSR count). The van der Waals surface area contributed by atoms with E-state index in [1.54, 1.807) is 11.3 Å². The molecule has 1 saturated heterocycles. The van der Waals surface area contributed by atoms with Gasteiger partial charge in [0.25, 0.3) is 0 Å². The zero-order valence-electron chi connectivity index (χ0n) is 13.0. The normalized spacial score (nSPS) is 17.9. The highest BCUT2D eigenvalue weighted by Gasteiger charge is 2.14. The number of likely N-dealkylation sites (N-methyl/N-ethyl adjacent to an activating group) is 1. The number of carbonyl (C=O) groups excluding carboxylic acids is 1. The number of carbonyl (C=O) groups is 1. The first kappa shape index (κ1) is 16.4. The Morgan fingerprint density at radius 3 is 2.95 bits per heavy atom. The van der Waals surface area contributed by atoms with Gasteiger partial charge in [0.2, 0.25) is 5.91 Å². The van der Waals surface area contributed by atoms with Gasteiger partial charge in [0.05, 0.1) is 12.6 Å². The monoisotopic (exact) mass is 310 g/mol. The van der Waals surface area contributed by atoms with Crippen molar-refractivity contribution in [2.24, 2.45) is 0 Å². The topological polar surface area (TPSA) is 47.6 Å². The number of nitrogens with zero attached hydrogens (tertiary/aromatic N) is 2. The minimum atomic E-state index is 0.0960. The van der Waals surface area contributed by atoms with Crippen molar-refractivity contribution in [3.05, 3.63) is 22.4 Å². The molecule has 2 N–H and O–H groups in total. The predicted octanol–water partition coefficient (Wildman–Crippen LogP) is 0.762. The van der Waals surface area contributed by atoms with Gasteiger partial charge < -0.3 is 10.6 Å². The zero-order chi connectivity index (χ0) is 15.1. The molecule has 1 aliphatic rings. The van der Waals surface area contributed by atoms with Crippen molar-refractivity contribution in [3.63, 3.8) is 0 Å². The third-order valence-electron chi connectivity index (χ3n) is 3.77. The van der Waals surface area contributed by atoms with Gasteiger partial charge in [0, 0.05) is 44.1 Å². The van der Waals surface area contributed by atoms with Crippen LogP contribution in [0, 0.1) is 0 Å². The van der Waals surface area contributed by atoms with Crippen LogP contribution in [0.15, 0.2) is 17.5 Å². The Labute approximate surface area is 131 Å². The summed E-state index contributed by atoms with van der Waals surface area (Å²) >= 11 is 1.68. The van der Waals surface area contributed by atoms with Gasteiger partial charge >= 0.3 is 0 Å². The molecule has 0 spiro atoms. The van der Waals surface area contributed by atoms with Gasteiger partial charge in [-0.25, -0.2) is 0 Å². The molecule has 1 atom stereocenters. The van der Waals surface area contributed by atoms with Crippen LogP contribution < -0.4 is 10.6 Å². The van der Waals surface area contributed by atoms with Crippen LogP contribution in [0.2, 0.25) is 0 Å². The van der Waals surface area contributed by atoms with Crippen LogP contribution in [0.3, 0.4) is 0 Å². The van der Waals surface area contributed by atoms with E-state index in [0.29, 0.717) is 6.54 Å². The molecule has 0 aliphatic carbocycles. The first-order chi connectivity index (χ1) is 10.1. The van der Waals surface area contributed by atoms with Gasteiger partial charge in [-0.3, -0.25) is 14.6 Å². The van der Waals surface area contributed by atoms with Crippen LogP contribution >= 0.6 is 11.3 Å². The van der Waals surface area contributed by atoms with E-state index in [0.717, 1.165) is 39.3 Å². The van der Waals surface area contributed by atoms with E-state index in [4.69, 9.17) is 0 Å². The second kappa shape index (κ2) is 8.48. The van der Waals surface area contributed by atoms with Crippen molar-refractivity contribution >= 4 is 17.2 Å². The molecule has 0 bridgehead atoms. The first-order valence-corrected chi connectivity index (χ1v) is 8.47. The number of thiophene rings is 1. The molecule has 1 unspecified atom stereocenters. The van der Waals surface area contributed by atoms with Gasteiger partial charge in [0.15, 0.2) is 0 Å². The Kier molecular flexibility index (Phi) is 6.63. The van der Waals surface area contributed by atoms with Gasteiger partial charge in [-0.1, -0.05) is 6.07 Å². The van der Waals surface area contributed by atoms with E-state index in [2.05, 4.69) is 26.5 Å². The predicted molar refractivity (Wildman–Crippen MR) is 87.7 cm³/mol. The number of piperazine rings is 1. The maximum absolute atomic E-state index is 12.0. The standard InChI is InChI=1S/C15H26N4OS/c1-13(14-4-3-11-21-14)17-15(20)12-18(2)9-10-19-7-5-16-6-8-19/h3-4,11,13,16H,5-10,12H2,1-2H3,(H,17,20). The highest BCUT2D eigenvalue weighted by Crippen LogP contribution is 2.17. The molecule has 21 heavy (non-hydrogen) atoms. The van der Waals surface area contributed by atoms with E-state index in [-0.39, 0.29) is 11.9 Å². The SMILES string of the molecule is CC(NC(=O)CN(C)CCN1CCNCC1)c1cccs1. The summed E-state index contributed by atoms with van der Waals surface area (Å²) in [4.78, 5) is 17.8. The Morgan fingerprint density at radius 2 is 2.29 bits per heavy atom. The fourth-order valence-corrected chi connectivity index (χ4v) is 3.20. The zero-order valence-corrected chi connectivity index (χ0v) is 13.8. The second-order valence-electron chi connectivity index (χ2n) is 5.63. The molecular formula is C15H26N4OS. The Morgan fingerprint density at radius 1 is 1.52 bits per heavy atom. The first-order valence-electron chi connectivity index (χ1n) is 7.59. The number of rotatable bonds is 7. The number of nitrogens with one attached hydrogen (secondary N) is 2. The van der Waals surface area contributed by atoms with E-state index >= 15 is 0 Å². The van der Waals surface area contributed by atoms with Crippen LogP contribution in [-0.2, 0) is 4.79 Å². The molecule has 2 heterocycles. The maximum atomic E-state index is 12.0. The molecular weight excluding hydrogens is 284 g/mol. The van der Waals surface area contributed by atoms with E-state index < -0.39 is 0 Å². The van der Waals surface area contributed by atoms with Crippen molar-refractivity contribution in [2.45, 2.75) is 13.0 Å². The van der Waals surface area contributed by atoms with Crippen molar-refractivity contribution in [3.8, 4) is 0 Å². The molecule has 1 aromatic heterocycles. The van der Waals surface area contributed by atoms with Crippen molar-refractivity contribution in [1.29, 1.82) is 0 Å². The molecule has 0 saturated carbocycles. The van der Waals surface area contributed by atoms with Crippen LogP contribution in [0.5, 0.6) is 0 Å². The average Bonchev–Trinajstić information content (AvgIpc) is 3.00. The molecule has 1 fully saturated rings. The molecule has 118 valence electrons. The highest BCUT2D eigenvalue weighted by atomic mass is 32.1. The van der Waals surface area contributed by atoms with Crippen LogP contribution in [0.25, 0.3) is 0 Å². The molecule has 1 aromatic rings. The summed E-state index contributed by atoms with van der Waals surface area (Å²) in [6.45, 7) is 8.81. The van der Waals surface area contributed by atoms with Crippen molar-refractivity contribution in [2.75, 3.05) is 52.9 Å². The van der Waals surface area contributed by atoms with Gasteiger partial charge in [-0.15, -0.1) is 11.3 Å². The Hall–Kier alpha value is -0.950. The lowest BCUT2D eigenvalue weighted by molar-refractivity contribution is -0.122. The fraction of sp³-hybridized carbons (Fsp3) is 0.667. The van der Waals surface area contributed by atoms with Gasteiger partial charge in [0.1, 0.15) is 0 Å². The van der Waals surface area contributed by atoms with Crippen LogP contribution in [0.1, 0.15) is 17.8 Å². The van der Waals surface area contributed by atoms with Crippen LogP contribution in [0.4, 0.5) is 0 Å². The summed E-state index contributed by atoms with van der Waals surface area (Å²) in [5, 5.41) is 8.45. The molecule has 1 aliphatic heterocycles. The minimum absolute atomic E-state index is 0.0960. The third-order valence-corrected chi connectivity index (χ3v) is 4.82. The largest absolute Gasteiger partial charge is 0.348 e. The van der Waals surface area contributed by atoms with E-state index in [1.165, 1.54) is 4.88 Å². The second-order valence-corrected chi connectivity index (χ2v) is 6.61. The number of amides is 1. The third kappa shape index (κ3) is 5.74. The smallest absolute Gasteiger partial charge is 0.234 e. The molecule has 6 heteroatoms. The summed E-state index contributed by atoms with van der Waals surface area (Å²) in [6, 6.07) is 4.17. The molecule has 5 nitrogen and oxygen atoms in total. The van der Waals surface area contributed by atoms with Gasteiger partial charge in [-0.2, -0.15) is 0 Å². The summed E-state index contributed by atoms with van der Waals surface area (Å²) in [5.41, 5.74) is 0. The highest BCUT2D eigenvalue weighted by molar-refractivity contribution is 7.10. The molecule has 0 aromatic carbocycles. The quantitative estimate of drug-likeness (QED) is 0.781. The summed E-state index contributed by atoms with van der Waals surface area (Å²) < 4.78 is 0. The lowest BCUT2D eigenvalue weighted by Gasteiger charge is -2.29. The van der Waals surface area contributed by atoms with Gasteiger partial charge in [-0.05, 0) is 25.4 Å². The number of hydrogen-bond donors (Lipinski definition) is 2. The lowest BCUT2D eigenvalue weighted by atomic mass is 10.2. The maximum Gasteiger partial charge on any atom is 0.234 e. The van der Waals surface area contributed by atoms with E-state index in [1.807, 2.05) is 25.4 Å². The van der Waals surface area contributed by atoms with Crippen LogP contribution in [-0.4, -0.2) is 68.6 Å². The van der Waals surface area contributed by atoms with E-state index in [9.17, 15) is 4.79 Å². The average molecular weight is 310 g/mol. The molecule has 0 radical (unpaired) electrons. The summed E-state index contributed by atoms with van der Waals surface area (Å²) in [5.74, 6) is 0.0960. The summed E-state index contributed by atoms with van der Waals surface area (Å²) in [7, 11) is 2.01. The lowest BCUT2D eigenvalue weighted by Crippen LogP contribution is -2.46. The van der Waals surface area contributed by atoms with Crippen molar-refractivity contribution < 1.29 is 4.79 Å². The Balaban J connectivity index is 1.64.